The minimum absolute atomic E-state index is 0.00739. The molecule has 0 aliphatic heterocycles. The molecule has 28 heavy (non-hydrogen) atoms. The lowest BCUT2D eigenvalue weighted by Crippen LogP contribution is -2.54. The number of ketones is 1. The maximum Gasteiger partial charge on any atom is 0.306 e. The van der Waals surface area contributed by atoms with Gasteiger partial charge in [-0.1, -0.05) is 26.8 Å². The van der Waals surface area contributed by atoms with E-state index >= 15 is 0 Å². The predicted molar refractivity (Wildman–Crippen MR) is 111 cm³/mol. The van der Waals surface area contributed by atoms with Crippen molar-refractivity contribution in [3.63, 3.8) is 0 Å². The third kappa shape index (κ3) is 3.08. The maximum absolute atomic E-state index is 12.2. The van der Waals surface area contributed by atoms with Gasteiger partial charge in [0.25, 0.3) is 0 Å². The van der Waals surface area contributed by atoms with Gasteiger partial charge in [-0.15, -0.1) is 0 Å². The van der Waals surface area contributed by atoms with Crippen LogP contribution in [0, 0.1) is 34.5 Å². The van der Waals surface area contributed by atoms with E-state index in [0.29, 0.717) is 23.7 Å². The van der Waals surface area contributed by atoms with Gasteiger partial charge in [0.2, 0.25) is 0 Å². The molecule has 0 aromatic heterocycles. The summed E-state index contributed by atoms with van der Waals surface area (Å²) in [4.78, 5) is 24.2. The number of allylic oxidation sites excluding steroid dienone is 2. The quantitative estimate of drug-likeness (QED) is 0.568. The van der Waals surface area contributed by atoms with Gasteiger partial charge in [0.1, 0.15) is 6.10 Å². The van der Waals surface area contributed by atoms with Crippen LogP contribution in [0.1, 0.15) is 91.9 Å². The van der Waals surface area contributed by atoms with Crippen molar-refractivity contribution in [1.29, 1.82) is 0 Å². The number of fused-ring (bicyclic) bond motifs is 5. The minimum Gasteiger partial charge on any atom is -0.462 e. The second-order valence-electron chi connectivity index (χ2n) is 10.7. The summed E-state index contributed by atoms with van der Waals surface area (Å²) in [6, 6.07) is 0. The van der Waals surface area contributed by atoms with Crippen molar-refractivity contribution >= 4 is 11.8 Å². The van der Waals surface area contributed by atoms with Gasteiger partial charge in [0.15, 0.2) is 5.78 Å². The van der Waals surface area contributed by atoms with Gasteiger partial charge in [-0.05, 0) is 105 Å². The molecule has 4 aliphatic carbocycles. The lowest BCUT2D eigenvalue weighted by molar-refractivity contribution is -0.161. The van der Waals surface area contributed by atoms with E-state index in [-0.39, 0.29) is 23.3 Å². The summed E-state index contributed by atoms with van der Waals surface area (Å²) in [5, 5.41) is 0. The molecular formula is C25H38O3. The Morgan fingerprint density at radius 2 is 1.89 bits per heavy atom. The molecule has 0 unspecified atom stereocenters. The summed E-state index contributed by atoms with van der Waals surface area (Å²) in [7, 11) is 0. The summed E-state index contributed by atoms with van der Waals surface area (Å²) in [5.41, 5.74) is 1.62. The Hall–Kier alpha value is -1.12. The summed E-state index contributed by atoms with van der Waals surface area (Å²) in [6.07, 6.45) is 13.2. The van der Waals surface area contributed by atoms with Crippen LogP contribution < -0.4 is 0 Å². The van der Waals surface area contributed by atoms with E-state index in [2.05, 4.69) is 19.9 Å². The Balaban J connectivity index is 1.48. The van der Waals surface area contributed by atoms with E-state index in [0.717, 1.165) is 43.1 Å². The topological polar surface area (TPSA) is 43.4 Å². The average Bonchev–Trinajstić information content (AvgIpc) is 2.99. The molecule has 3 saturated carbocycles. The zero-order chi connectivity index (χ0) is 20.1. The first kappa shape index (κ1) is 20.2. The molecule has 4 rings (SSSR count). The molecule has 3 nitrogen and oxygen atoms in total. The van der Waals surface area contributed by atoms with Crippen LogP contribution in [-0.4, -0.2) is 17.9 Å². The lowest BCUT2D eigenvalue weighted by Gasteiger charge is -2.60. The highest BCUT2D eigenvalue weighted by Gasteiger charge is 2.59. The van der Waals surface area contributed by atoms with Gasteiger partial charge < -0.3 is 4.74 Å². The van der Waals surface area contributed by atoms with E-state index in [4.69, 9.17) is 4.74 Å². The average molecular weight is 387 g/mol. The molecule has 0 heterocycles. The number of Topliss-reactive ketones (excluding diaryl/α,β-unsaturated/α-hetero) is 1. The molecule has 3 fully saturated rings. The first-order valence-electron chi connectivity index (χ1n) is 11.7. The largest absolute Gasteiger partial charge is 0.462 e. The Morgan fingerprint density at radius 3 is 2.61 bits per heavy atom. The fourth-order valence-electron chi connectivity index (χ4n) is 7.89. The molecule has 0 N–H and O–H groups in total. The van der Waals surface area contributed by atoms with Crippen molar-refractivity contribution < 1.29 is 14.3 Å². The summed E-state index contributed by atoms with van der Waals surface area (Å²) in [6.45, 7) is 8.69. The molecule has 0 saturated heterocycles. The van der Waals surface area contributed by atoms with Crippen molar-refractivity contribution in [2.24, 2.45) is 34.5 Å². The molecule has 7 atom stereocenters. The van der Waals surface area contributed by atoms with E-state index < -0.39 is 0 Å². The van der Waals surface area contributed by atoms with Gasteiger partial charge >= 0.3 is 5.97 Å². The third-order valence-electron chi connectivity index (χ3n) is 9.33. The normalized spacial score (nSPS) is 44.7. The van der Waals surface area contributed by atoms with Crippen LogP contribution in [0.5, 0.6) is 0 Å². The third-order valence-corrected chi connectivity index (χ3v) is 9.33. The minimum atomic E-state index is -0.00739. The zero-order valence-electron chi connectivity index (χ0n) is 18.3. The molecule has 156 valence electrons. The highest BCUT2D eigenvalue weighted by molar-refractivity contribution is 5.95. The first-order chi connectivity index (χ1) is 13.3. The van der Waals surface area contributed by atoms with Crippen molar-refractivity contribution in [2.45, 2.75) is 98.0 Å². The lowest BCUT2D eigenvalue weighted by atomic mass is 9.44. The first-order valence-corrected chi connectivity index (χ1v) is 11.7. The van der Waals surface area contributed by atoms with E-state index in [9.17, 15) is 9.59 Å². The maximum atomic E-state index is 12.2. The molecule has 0 spiro atoms. The highest BCUT2D eigenvalue weighted by atomic mass is 16.5. The van der Waals surface area contributed by atoms with E-state index in [1.165, 1.54) is 32.1 Å². The number of ether oxygens (including phenoxy) is 1. The van der Waals surface area contributed by atoms with Gasteiger partial charge in [-0.25, -0.2) is 0 Å². The summed E-state index contributed by atoms with van der Waals surface area (Å²) >= 11 is 0. The second-order valence-corrected chi connectivity index (χ2v) is 10.7. The summed E-state index contributed by atoms with van der Waals surface area (Å²) in [5.74, 6) is 3.16. The van der Waals surface area contributed by atoms with Crippen LogP contribution >= 0.6 is 0 Å². The molecule has 0 aromatic carbocycles. The summed E-state index contributed by atoms with van der Waals surface area (Å²) < 4.78 is 5.80. The zero-order valence-corrected chi connectivity index (χ0v) is 18.3. The number of carbonyl (C=O) groups is 2. The molecule has 0 radical (unpaired) electrons. The molecular weight excluding hydrogens is 348 g/mol. The fourth-order valence-corrected chi connectivity index (χ4v) is 7.89. The van der Waals surface area contributed by atoms with Crippen LogP contribution in [0.4, 0.5) is 0 Å². The van der Waals surface area contributed by atoms with Crippen molar-refractivity contribution in [2.75, 3.05) is 0 Å². The Labute approximate surface area is 170 Å². The van der Waals surface area contributed by atoms with Crippen molar-refractivity contribution in [3.05, 3.63) is 11.6 Å². The number of rotatable bonds is 4. The van der Waals surface area contributed by atoms with Crippen LogP contribution in [0.3, 0.4) is 0 Å². The Morgan fingerprint density at radius 1 is 1.11 bits per heavy atom. The fraction of sp³-hybridized carbons (Fsp3) is 0.840. The molecule has 3 heteroatoms. The standard InChI is InChI=1S/C25H38O3/c1-5-6-23(27)28-18-11-13-24(3)17(15-18)7-8-19-21-10-9-20(16(2)26)25(21,4)14-12-22(19)24/h9,17-19,21-22H,5-8,10-15H2,1-4H3/t17-,18-,19-,21-,22-,24-,25+/m0/s1. The Bertz CT molecular complexity index is 679. The molecule has 0 amide bonds. The number of carbonyl (C=O) groups excluding carboxylic acids is 2. The molecule has 0 aromatic rings. The van der Waals surface area contributed by atoms with Crippen molar-refractivity contribution in [3.8, 4) is 0 Å². The van der Waals surface area contributed by atoms with Crippen molar-refractivity contribution in [1.82, 2.24) is 0 Å². The monoisotopic (exact) mass is 386 g/mol. The molecule has 0 bridgehead atoms. The van der Waals surface area contributed by atoms with Crippen LogP contribution in [0.15, 0.2) is 11.6 Å². The van der Waals surface area contributed by atoms with Gasteiger partial charge in [-0.2, -0.15) is 0 Å². The van der Waals surface area contributed by atoms with Crippen LogP contribution in [0.2, 0.25) is 0 Å². The Kier molecular flexibility index (Phi) is 5.25. The van der Waals surface area contributed by atoms with Gasteiger partial charge in [0.05, 0.1) is 0 Å². The number of hydrogen-bond acceptors (Lipinski definition) is 3. The van der Waals surface area contributed by atoms with Gasteiger partial charge in [-0.3, -0.25) is 9.59 Å². The van der Waals surface area contributed by atoms with Crippen LogP contribution in [0.25, 0.3) is 0 Å². The predicted octanol–water partition coefficient (Wildman–Crippen LogP) is 5.87. The highest BCUT2D eigenvalue weighted by Crippen LogP contribution is 2.66. The number of hydrogen-bond donors (Lipinski definition) is 0. The smallest absolute Gasteiger partial charge is 0.306 e. The van der Waals surface area contributed by atoms with Gasteiger partial charge in [0, 0.05) is 6.42 Å². The molecule has 4 aliphatic rings. The SMILES string of the molecule is CCCC(=O)O[C@H]1CC[C@@]2(C)[C@@H](CC[C@@H]3[C@@H]2CC[C@]2(C)C(C(C)=O)=CC[C@@H]32)C1. The second kappa shape index (κ2) is 7.29. The van der Waals surface area contributed by atoms with E-state index in [1.807, 2.05) is 6.92 Å². The number of esters is 1. The van der Waals surface area contributed by atoms with E-state index in [1.54, 1.807) is 6.92 Å². The van der Waals surface area contributed by atoms with Crippen LogP contribution in [-0.2, 0) is 14.3 Å².